The number of halogens is 1. The monoisotopic (exact) mass is 458 g/mol. The third kappa shape index (κ3) is 6.95. The molecule has 2 aromatic carbocycles. The van der Waals surface area contributed by atoms with Gasteiger partial charge in [0.05, 0.1) is 13.2 Å². The fraction of sp³-hybridized carbons (Fsp3) is 0.417. The van der Waals surface area contributed by atoms with Gasteiger partial charge >= 0.3 is 11.8 Å². The van der Waals surface area contributed by atoms with E-state index < -0.39 is 11.8 Å². The van der Waals surface area contributed by atoms with Gasteiger partial charge in [0.1, 0.15) is 5.75 Å². The molecule has 1 atom stereocenters. The summed E-state index contributed by atoms with van der Waals surface area (Å²) in [7, 11) is 3.74. The van der Waals surface area contributed by atoms with E-state index in [9.17, 15) is 9.59 Å². The smallest absolute Gasteiger partial charge is 0.309 e. The van der Waals surface area contributed by atoms with Crippen molar-refractivity contribution in [3.8, 4) is 5.75 Å². The second-order valence-corrected chi connectivity index (χ2v) is 8.41. The maximum absolute atomic E-state index is 12.4. The number of carbonyl (C=O) groups excluding carboxylic acids is 2. The third-order valence-electron chi connectivity index (χ3n) is 5.75. The Balaban J connectivity index is 1.54. The molecule has 1 heterocycles. The van der Waals surface area contributed by atoms with Crippen molar-refractivity contribution in [1.82, 2.24) is 20.4 Å². The Hall–Kier alpha value is -2.61. The lowest BCUT2D eigenvalue weighted by Gasteiger charge is -2.38. The van der Waals surface area contributed by atoms with Gasteiger partial charge < -0.3 is 20.3 Å². The van der Waals surface area contributed by atoms with Crippen LogP contribution in [-0.4, -0.2) is 75.0 Å². The first-order chi connectivity index (χ1) is 15.5. The average Bonchev–Trinajstić information content (AvgIpc) is 2.81. The Morgan fingerprint density at radius 3 is 2.22 bits per heavy atom. The van der Waals surface area contributed by atoms with Crippen LogP contribution in [0.4, 0.5) is 0 Å². The number of carbonyl (C=O) groups is 2. The number of ether oxygens (including phenoxy) is 1. The normalized spacial score (nSPS) is 15.7. The zero-order chi connectivity index (χ0) is 22.9. The van der Waals surface area contributed by atoms with Gasteiger partial charge in [-0.15, -0.1) is 0 Å². The van der Waals surface area contributed by atoms with Crippen LogP contribution >= 0.6 is 11.6 Å². The van der Waals surface area contributed by atoms with E-state index in [-0.39, 0.29) is 6.04 Å². The first-order valence-electron chi connectivity index (χ1n) is 10.8. The molecule has 32 heavy (non-hydrogen) atoms. The van der Waals surface area contributed by atoms with Crippen LogP contribution in [0.2, 0.25) is 5.02 Å². The van der Waals surface area contributed by atoms with Gasteiger partial charge in [-0.3, -0.25) is 14.5 Å². The molecule has 172 valence electrons. The van der Waals surface area contributed by atoms with Gasteiger partial charge in [0.2, 0.25) is 0 Å². The minimum Gasteiger partial charge on any atom is -0.497 e. The lowest BCUT2D eigenvalue weighted by atomic mass is 10.0. The predicted octanol–water partition coefficient (Wildman–Crippen LogP) is 2.11. The van der Waals surface area contributed by atoms with E-state index in [0.29, 0.717) is 24.5 Å². The molecule has 7 nitrogen and oxygen atoms in total. The number of rotatable bonds is 8. The molecule has 8 heteroatoms. The number of nitrogens with one attached hydrogen (secondary N) is 2. The second-order valence-electron chi connectivity index (χ2n) is 7.97. The lowest BCUT2D eigenvalue weighted by Crippen LogP contribution is -2.49. The highest BCUT2D eigenvalue weighted by atomic mass is 35.5. The van der Waals surface area contributed by atoms with Gasteiger partial charge in [0.25, 0.3) is 0 Å². The number of amides is 2. The van der Waals surface area contributed by atoms with E-state index >= 15 is 0 Å². The minimum absolute atomic E-state index is 0.0135. The van der Waals surface area contributed by atoms with Crippen LogP contribution in [0.25, 0.3) is 0 Å². The standard InChI is InChI=1S/C24H31ClN4O3/c1-28-13-15-29(16-14-28)22(19-5-9-21(32-2)10-6-19)17-27-24(31)23(30)26-12-11-18-3-7-20(25)8-4-18/h3-10,22H,11-17H2,1-2H3,(H,26,30)(H,27,31). The number of piperazine rings is 1. The van der Waals surface area contributed by atoms with Crippen LogP contribution in [0.1, 0.15) is 17.2 Å². The Bertz CT molecular complexity index is 881. The summed E-state index contributed by atoms with van der Waals surface area (Å²) >= 11 is 5.89. The molecule has 2 aromatic rings. The summed E-state index contributed by atoms with van der Waals surface area (Å²) in [6, 6.07) is 15.3. The van der Waals surface area contributed by atoms with Crippen molar-refractivity contribution in [1.29, 1.82) is 0 Å². The maximum atomic E-state index is 12.4. The molecule has 0 aromatic heterocycles. The summed E-state index contributed by atoms with van der Waals surface area (Å²) < 4.78 is 5.26. The molecule has 2 amide bonds. The van der Waals surface area contributed by atoms with Crippen LogP contribution in [0.3, 0.4) is 0 Å². The minimum atomic E-state index is -0.620. The molecule has 3 rings (SSSR count). The molecule has 0 aliphatic carbocycles. The van der Waals surface area contributed by atoms with Gasteiger partial charge in [-0.1, -0.05) is 35.9 Å². The van der Waals surface area contributed by atoms with Gasteiger partial charge in [0.15, 0.2) is 0 Å². The first-order valence-corrected chi connectivity index (χ1v) is 11.2. The first kappa shape index (κ1) is 24.0. The predicted molar refractivity (Wildman–Crippen MR) is 126 cm³/mol. The summed E-state index contributed by atoms with van der Waals surface area (Å²) in [5.74, 6) is -0.449. The van der Waals surface area contributed by atoms with Crippen molar-refractivity contribution in [2.24, 2.45) is 0 Å². The number of methoxy groups -OCH3 is 1. The summed E-state index contributed by atoms with van der Waals surface area (Å²) in [4.78, 5) is 29.3. The highest BCUT2D eigenvalue weighted by Crippen LogP contribution is 2.24. The fourth-order valence-electron chi connectivity index (χ4n) is 3.74. The second kappa shape index (κ2) is 11.9. The van der Waals surface area contributed by atoms with Crippen LogP contribution < -0.4 is 15.4 Å². The molecular weight excluding hydrogens is 428 g/mol. The van der Waals surface area contributed by atoms with Crippen molar-refractivity contribution in [2.45, 2.75) is 12.5 Å². The number of hydrogen-bond acceptors (Lipinski definition) is 5. The van der Waals surface area contributed by atoms with Crippen molar-refractivity contribution in [2.75, 3.05) is 53.4 Å². The Morgan fingerprint density at radius 2 is 1.59 bits per heavy atom. The Kier molecular flexibility index (Phi) is 8.90. The zero-order valence-electron chi connectivity index (χ0n) is 18.6. The van der Waals surface area contributed by atoms with Crippen molar-refractivity contribution >= 4 is 23.4 Å². The lowest BCUT2D eigenvalue weighted by molar-refractivity contribution is -0.139. The number of hydrogen-bond donors (Lipinski definition) is 2. The van der Waals surface area contributed by atoms with Crippen LogP contribution in [0.5, 0.6) is 5.75 Å². The average molecular weight is 459 g/mol. The van der Waals surface area contributed by atoms with Crippen LogP contribution in [0, 0.1) is 0 Å². The molecule has 1 aliphatic heterocycles. The van der Waals surface area contributed by atoms with Gasteiger partial charge in [-0.25, -0.2) is 0 Å². The third-order valence-corrected chi connectivity index (χ3v) is 6.01. The number of benzene rings is 2. The van der Waals surface area contributed by atoms with E-state index in [1.807, 2.05) is 48.5 Å². The Morgan fingerprint density at radius 1 is 0.969 bits per heavy atom. The van der Waals surface area contributed by atoms with Crippen LogP contribution in [-0.2, 0) is 16.0 Å². The van der Waals surface area contributed by atoms with E-state index in [1.54, 1.807) is 7.11 Å². The molecular formula is C24H31ClN4O3. The molecule has 1 unspecified atom stereocenters. The van der Waals surface area contributed by atoms with Crippen molar-refractivity contribution in [3.63, 3.8) is 0 Å². The summed E-state index contributed by atoms with van der Waals surface area (Å²) in [5, 5.41) is 6.18. The van der Waals surface area contributed by atoms with Crippen LogP contribution in [0.15, 0.2) is 48.5 Å². The molecule has 0 spiro atoms. The SMILES string of the molecule is COc1ccc(C(CNC(=O)C(=O)NCCc2ccc(Cl)cc2)N2CCN(C)CC2)cc1. The van der Waals surface area contributed by atoms with Gasteiger partial charge in [-0.2, -0.15) is 0 Å². The highest BCUT2D eigenvalue weighted by molar-refractivity contribution is 6.35. The summed E-state index contributed by atoms with van der Waals surface area (Å²) in [6.45, 7) is 4.47. The Labute approximate surface area is 194 Å². The fourth-order valence-corrected chi connectivity index (χ4v) is 3.86. The van der Waals surface area contributed by atoms with Crippen molar-refractivity contribution in [3.05, 3.63) is 64.7 Å². The van der Waals surface area contributed by atoms with Gasteiger partial charge in [0, 0.05) is 44.3 Å². The molecule has 0 radical (unpaired) electrons. The van der Waals surface area contributed by atoms with E-state index in [1.165, 1.54) is 0 Å². The molecule has 0 bridgehead atoms. The molecule has 1 aliphatic rings. The summed E-state index contributed by atoms with van der Waals surface area (Å²) in [6.07, 6.45) is 0.631. The topological polar surface area (TPSA) is 73.9 Å². The number of nitrogens with zero attached hydrogens (tertiary/aromatic N) is 2. The quantitative estimate of drug-likeness (QED) is 0.593. The van der Waals surface area contributed by atoms with E-state index in [0.717, 1.165) is 43.1 Å². The summed E-state index contributed by atoms with van der Waals surface area (Å²) in [5.41, 5.74) is 2.13. The van der Waals surface area contributed by atoms with E-state index in [4.69, 9.17) is 16.3 Å². The maximum Gasteiger partial charge on any atom is 0.309 e. The van der Waals surface area contributed by atoms with Crippen molar-refractivity contribution < 1.29 is 14.3 Å². The highest BCUT2D eigenvalue weighted by Gasteiger charge is 2.25. The van der Waals surface area contributed by atoms with Gasteiger partial charge in [-0.05, 0) is 48.9 Å². The molecule has 2 N–H and O–H groups in total. The largest absolute Gasteiger partial charge is 0.497 e. The zero-order valence-corrected chi connectivity index (χ0v) is 19.4. The number of likely N-dealkylation sites (N-methyl/N-ethyl adjacent to an activating group) is 1. The van der Waals surface area contributed by atoms with E-state index in [2.05, 4.69) is 27.5 Å². The molecule has 0 saturated carbocycles. The molecule has 1 fully saturated rings. The molecule has 1 saturated heterocycles.